The van der Waals surface area contributed by atoms with E-state index in [1.807, 2.05) is 36.4 Å². The van der Waals surface area contributed by atoms with Gasteiger partial charge in [-0.05, 0) is 49.3 Å². The Morgan fingerprint density at radius 2 is 1.96 bits per heavy atom. The van der Waals surface area contributed by atoms with Crippen LogP contribution in [0.1, 0.15) is 41.6 Å². The van der Waals surface area contributed by atoms with Crippen molar-refractivity contribution < 1.29 is 14.6 Å². The minimum absolute atomic E-state index is 0.140. The van der Waals surface area contributed by atoms with Gasteiger partial charge in [0.05, 0.1) is 18.8 Å². The standard InChI is InChI=1S/C24H29NO3/c1-3-9-18-16-24(15-14-21(18)26,19-10-5-4-6-11-19)17-25-23(27)20-12-7-8-13-22(20)28-2/h3-8,10-13,18,21,26H,1,9,14-17H2,2H3,(H,25,27)/t18-,21-,24-/m0/s1. The minimum atomic E-state index is -0.320. The highest BCUT2D eigenvalue weighted by Crippen LogP contribution is 2.43. The molecule has 1 saturated carbocycles. The van der Waals surface area contributed by atoms with Crippen molar-refractivity contribution in [2.75, 3.05) is 13.7 Å². The average molecular weight is 380 g/mol. The molecule has 1 aliphatic rings. The highest BCUT2D eigenvalue weighted by molar-refractivity contribution is 5.96. The van der Waals surface area contributed by atoms with Gasteiger partial charge in [-0.25, -0.2) is 0 Å². The summed E-state index contributed by atoms with van der Waals surface area (Å²) in [6.45, 7) is 4.37. The number of nitrogens with one attached hydrogen (secondary N) is 1. The number of rotatable bonds is 7. The molecule has 2 aromatic rings. The second kappa shape index (κ2) is 9.07. The molecule has 0 saturated heterocycles. The number of allylic oxidation sites excluding steroid dienone is 1. The highest BCUT2D eigenvalue weighted by Gasteiger charge is 2.41. The van der Waals surface area contributed by atoms with Crippen molar-refractivity contribution >= 4 is 5.91 Å². The summed E-state index contributed by atoms with van der Waals surface area (Å²) in [6.07, 6.45) is 4.70. The largest absolute Gasteiger partial charge is 0.496 e. The van der Waals surface area contributed by atoms with Gasteiger partial charge < -0.3 is 15.2 Å². The Labute approximate surface area is 167 Å². The molecule has 28 heavy (non-hydrogen) atoms. The van der Waals surface area contributed by atoms with E-state index in [4.69, 9.17) is 4.74 Å². The molecule has 1 aliphatic carbocycles. The van der Waals surface area contributed by atoms with Crippen LogP contribution in [-0.4, -0.2) is 30.8 Å². The third-order valence-corrected chi connectivity index (χ3v) is 5.91. The molecule has 0 heterocycles. The first-order valence-electron chi connectivity index (χ1n) is 9.85. The van der Waals surface area contributed by atoms with Crippen LogP contribution < -0.4 is 10.1 Å². The molecule has 0 unspecified atom stereocenters. The van der Waals surface area contributed by atoms with Gasteiger partial charge in [-0.3, -0.25) is 4.79 Å². The Balaban J connectivity index is 1.84. The lowest BCUT2D eigenvalue weighted by atomic mass is 9.64. The quantitative estimate of drug-likeness (QED) is 0.712. The number of hydrogen-bond acceptors (Lipinski definition) is 3. The van der Waals surface area contributed by atoms with Gasteiger partial charge in [0, 0.05) is 12.0 Å². The molecule has 0 bridgehead atoms. The molecule has 2 N–H and O–H groups in total. The third kappa shape index (κ3) is 4.28. The molecule has 0 aromatic heterocycles. The van der Waals surface area contributed by atoms with Crippen molar-refractivity contribution in [1.29, 1.82) is 0 Å². The Kier molecular flexibility index (Phi) is 6.53. The monoisotopic (exact) mass is 379 g/mol. The Morgan fingerprint density at radius 3 is 2.68 bits per heavy atom. The molecule has 3 atom stereocenters. The van der Waals surface area contributed by atoms with Crippen molar-refractivity contribution in [3.05, 3.63) is 78.4 Å². The summed E-state index contributed by atoms with van der Waals surface area (Å²) in [6, 6.07) is 17.6. The molecule has 0 spiro atoms. The summed E-state index contributed by atoms with van der Waals surface area (Å²) in [5.41, 5.74) is 1.54. The predicted octanol–water partition coefficient (Wildman–Crippen LogP) is 4.10. The molecule has 1 amide bonds. The number of hydrogen-bond donors (Lipinski definition) is 2. The molecule has 148 valence electrons. The van der Waals surface area contributed by atoms with E-state index in [9.17, 15) is 9.90 Å². The smallest absolute Gasteiger partial charge is 0.255 e. The van der Waals surface area contributed by atoms with Gasteiger partial charge in [0.1, 0.15) is 5.75 Å². The Hall–Kier alpha value is -2.59. The normalized spacial score (nSPS) is 24.4. The molecular weight excluding hydrogens is 350 g/mol. The van der Waals surface area contributed by atoms with Crippen LogP contribution in [0.25, 0.3) is 0 Å². The first-order valence-corrected chi connectivity index (χ1v) is 9.85. The summed E-state index contributed by atoms with van der Waals surface area (Å²) in [5, 5.41) is 13.6. The third-order valence-electron chi connectivity index (χ3n) is 5.91. The molecule has 4 heteroatoms. The summed E-state index contributed by atoms with van der Waals surface area (Å²) < 4.78 is 5.33. The van der Waals surface area contributed by atoms with Crippen LogP contribution in [0.4, 0.5) is 0 Å². The molecule has 1 fully saturated rings. The summed E-state index contributed by atoms with van der Waals surface area (Å²) in [4.78, 5) is 12.9. The van der Waals surface area contributed by atoms with E-state index < -0.39 is 0 Å². The lowest BCUT2D eigenvalue weighted by Gasteiger charge is -2.44. The van der Waals surface area contributed by atoms with Gasteiger partial charge >= 0.3 is 0 Å². The SMILES string of the molecule is C=CC[C@H]1C[C@@](CNC(=O)c2ccccc2OC)(c2ccccc2)CC[C@@H]1O. The molecular formula is C24H29NO3. The van der Waals surface area contributed by atoms with E-state index in [0.29, 0.717) is 17.9 Å². The van der Waals surface area contributed by atoms with Crippen LogP contribution in [0.5, 0.6) is 5.75 Å². The van der Waals surface area contributed by atoms with Crippen molar-refractivity contribution in [1.82, 2.24) is 5.32 Å². The van der Waals surface area contributed by atoms with Crippen molar-refractivity contribution in [3.8, 4) is 5.75 Å². The molecule has 2 aromatic carbocycles. The molecule has 0 aliphatic heterocycles. The van der Waals surface area contributed by atoms with Gasteiger partial charge in [0.25, 0.3) is 5.91 Å². The van der Waals surface area contributed by atoms with E-state index in [1.165, 1.54) is 5.56 Å². The fourth-order valence-corrected chi connectivity index (χ4v) is 4.35. The summed E-state index contributed by atoms with van der Waals surface area (Å²) >= 11 is 0. The predicted molar refractivity (Wildman–Crippen MR) is 112 cm³/mol. The van der Waals surface area contributed by atoms with Gasteiger partial charge in [-0.2, -0.15) is 0 Å². The van der Waals surface area contributed by atoms with Crippen LogP contribution in [0.15, 0.2) is 67.3 Å². The summed E-state index contributed by atoms with van der Waals surface area (Å²) in [5.74, 6) is 0.575. The fourth-order valence-electron chi connectivity index (χ4n) is 4.35. The van der Waals surface area contributed by atoms with E-state index in [0.717, 1.165) is 25.7 Å². The highest BCUT2D eigenvalue weighted by atomic mass is 16.5. The number of carbonyl (C=O) groups is 1. The van der Waals surface area contributed by atoms with Crippen molar-refractivity contribution in [3.63, 3.8) is 0 Å². The number of ether oxygens (including phenoxy) is 1. The van der Waals surface area contributed by atoms with Crippen LogP contribution in [0, 0.1) is 5.92 Å². The van der Waals surface area contributed by atoms with E-state index in [-0.39, 0.29) is 23.3 Å². The minimum Gasteiger partial charge on any atom is -0.496 e. The summed E-state index contributed by atoms with van der Waals surface area (Å²) in [7, 11) is 1.57. The van der Waals surface area contributed by atoms with Crippen molar-refractivity contribution in [2.45, 2.75) is 37.2 Å². The lowest BCUT2D eigenvalue weighted by molar-refractivity contribution is 0.0368. The topological polar surface area (TPSA) is 58.6 Å². The van der Waals surface area contributed by atoms with Gasteiger partial charge in [-0.1, -0.05) is 48.5 Å². The molecule has 3 rings (SSSR count). The zero-order valence-electron chi connectivity index (χ0n) is 16.4. The number of amides is 1. The number of aliphatic hydroxyl groups excluding tert-OH is 1. The number of benzene rings is 2. The van der Waals surface area contributed by atoms with E-state index >= 15 is 0 Å². The first kappa shape index (κ1) is 20.2. The Bertz CT molecular complexity index is 805. The van der Waals surface area contributed by atoms with Gasteiger partial charge in [0.2, 0.25) is 0 Å². The van der Waals surface area contributed by atoms with Crippen LogP contribution >= 0.6 is 0 Å². The zero-order valence-corrected chi connectivity index (χ0v) is 16.4. The van der Waals surface area contributed by atoms with Gasteiger partial charge in [0.15, 0.2) is 0 Å². The van der Waals surface area contributed by atoms with Crippen LogP contribution in [0.2, 0.25) is 0 Å². The number of para-hydroxylation sites is 1. The fraction of sp³-hybridized carbons (Fsp3) is 0.375. The lowest BCUT2D eigenvalue weighted by Crippen LogP contribution is -2.47. The second-order valence-corrected chi connectivity index (χ2v) is 7.62. The average Bonchev–Trinajstić information content (AvgIpc) is 2.75. The maximum Gasteiger partial charge on any atom is 0.255 e. The van der Waals surface area contributed by atoms with E-state index in [2.05, 4.69) is 24.0 Å². The molecule has 0 radical (unpaired) electrons. The van der Waals surface area contributed by atoms with Crippen molar-refractivity contribution in [2.24, 2.45) is 5.92 Å². The second-order valence-electron chi connectivity index (χ2n) is 7.62. The number of methoxy groups -OCH3 is 1. The van der Waals surface area contributed by atoms with E-state index in [1.54, 1.807) is 19.2 Å². The van der Waals surface area contributed by atoms with Crippen LogP contribution in [0.3, 0.4) is 0 Å². The van der Waals surface area contributed by atoms with Crippen LogP contribution in [-0.2, 0) is 5.41 Å². The first-order chi connectivity index (χ1) is 13.6. The number of carbonyl (C=O) groups excluding carboxylic acids is 1. The maximum absolute atomic E-state index is 12.9. The molecule has 4 nitrogen and oxygen atoms in total. The maximum atomic E-state index is 12.9. The Morgan fingerprint density at radius 1 is 1.25 bits per heavy atom. The van der Waals surface area contributed by atoms with Gasteiger partial charge in [-0.15, -0.1) is 6.58 Å². The zero-order chi connectivity index (χ0) is 20.0. The number of aliphatic hydroxyl groups is 1.